The van der Waals surface area contributed by atoms with Gasteiger partial charge in [-0.25, -0.2) is 0 Å². The average Bonchev–Trinajstić information content (AvgIpc) is 3.77. The molecule has 230 valence electrons. The highest BCUT2D eigenvalue weighted by Crippen LogP contribution is 2.41. The maximum Gasteiger partial charge on any atom is 0.416 e. The fraction of sp³-hybridized carbons (Fsp3) is 0.400. The standard InChI is InChI=1S/C30H29ClF3N7O3/c31-21-15-19(30(32,33)34)5-8-22(21)36-24(42)16-40-23-17-44-29(9-11-35-12-10-29)25(23)27(43)41-28(40)37-26(38-41)18-3-6-20(7-4-18)39-13-1-2-14-39/h3-8,15,35H,1-2,9-14,16-17H2,(H,36,42). The first-order valence-electron chi connectivity index (χ1n) is 14.5. The molecule has 2 aromatic heterocycles. The zero-order valence-electron chi connectivity index (χ0n) is 23.6. The van der Waals surface area contributed by atoms with Gasteiger partial charge in [-0.3, -0.25) is 9.59 Å². The smallest absolute Gasteiger partial charge is 0.372 e. The van der Waals surface area contributed by atoms with Crippen molar-refractivity contribution in [2.24, 2.45) is 0 Å². The number of carbonyl (C=O) groups excluding carboxylic acids is 1. The van der Waals surface area contributed by atoms with E-state index in [9.17, 15) is 22.8 Å². The minimum Gasteiger partial charge on any atom is -0.372 e. The normalized spacial score (nSPS) is 17.9. The van der Waals surface area contributed by atoms with Crippen molar-refractivity contribution in [3.05, 3.63) is 74.7 Å². The zero-order valence-corrected chi connectivity index (χ0v) is 24.3. The summed E-state index contributed by atoms with van der Waals surface area (Å²) in [6.07, 6.45) is -1.10. The molecule has 2 saturated heterocycles. The van der Waals surface area contributed by atoms with E-state index in [2.05, 4.69) is 20.6 Å². The summed E-state index contributed by atoms with van der Waals surface area (Å²) < 4.78 is 48.4. The zero-order chi connectivity index (χ0) is 30.6. The van der Waals surface area contributed by atoms with Crippen LogP contribution in [0.3, 0.4) is 0 Å². The van der Waals surface area contributed by atoms with Crippen molar-refractivity contribution in [3.8, 4) is 11.4 Å². The molecule has 0 radical (unpaired) electrons. The summed E-state index contributed by atoms with van der Waals surface area (Å²) in [4.78, 5) is 34.3. The van der Waals surface area contributed by atoms with Crippen LogP contribution in [0.1, 0.15) is 42.5 Å². The molecule has 0 unspecified atom stereocenters. The van der Waals surface area contributed by atoms with Crippen molar-refractivity contribution >= 4 is 34.7 Å². The van der Waals surface area contributed by atoms with Gasteiger partial charge in [0.2, 0.25) is 11.7 Å². The molecule has 0 atom stereocenters. The number of halogens is 4. The van der Waals surface area contributed by atoms with E-state index in [1.54, 1.807) is 4.57 Å². The fourth-order valence-corrected chi connectivity index (χ4v) is 6.65. The summed E-state index contributed by atoms with van der Waals surface area (Å²) in [7, 11) is 0. The van der Waals surface area contributed by atoms with Gasteiger partial charge >= 0.3 is 6.18 Å². The monoisotopic (exact) mass is 627 g/mol. The van der Waals surface area contributed by atoms with Crippen LogP contribution < -0.4 is 21.1 Å². The molecular formula is C30H29ClF3N7O3. The summed E-state index contributed by atoms with van der Waals surface area (Å²) in [5.74, 6) is -0.0697. The summed E-state index contributed by atoms with van der Waals surface area (Å²) in [6, 6.07) is 10.6. The Morgan fingerprint density at radius 2 is 1.82 bits per heavy atom. The van der Waals surface area contributed by atoms with E-state index in [4.69, 9.17) is 21.3 Å². The molecule has 0 saturated carbocycles. The second kappa shape index (κ2) is 10.9. The van der Waals surface area contributed by atoms with Crippen molar-refractivity contribution in [1.29, 1.82) is 0 Å². The van der Waals surface area contributed by atoms with Crippen LogP contribution in [-0.4, -0.2) is 51.3 Å². The third-order valence-electron chi connectivity index (χ3n) is 8.67. The van der Waals surface area contributed by atoms with Gasteiger partial charge in [-0.1, -0.05) is 11.6 Å². The van der Waals surface area contributed by atoms with E-state index in [0.29, 0.717) is 43.0 Å². The molecule has 2 fully saturated rings. The lowest BCUT2D eigenvalue weighted by Crippen LogP contribution is -2.43. The Labute approximate surface area is 254 Å². The maximum absolute atomic E-state index is 14.0. The molecule has 0 bridgehead atoms. The molecule has 5 heterocycles. The number of carbonyl (C=O) groups is 1. The molecule has 1 spiro atoms. The van der Waals surface area contributed by atoms with Gasteiger partial charge in [-0.2, -0.15) is 22.7 Å². The second-order valence-corrected chi connectivity index (χ2v) is 11.8. The topological polar surface area (TPSA) is 106 Å². The molecule has 1 amide bonds. The van der Waals surface area contributed by atoms with Crippen molar-refractivity contribution in [3.63, 3.8) is 0 Å². The highest BCUT2D eigenvalue weighted by atomic mass is 35.5. The van der Waals surface area contributed by atoms with E-state index in [-0.39, 0.29) is 35.2 Å². The first-order chi connectivity index (χ1) is 21.1. The molecule has 3 aliphatic heterocycles. The Hall–Kier alpha value is -3.94. The lowest BCUT2D eigenvalue weighted by Gasteiger charge is -2.33. The molecule has 2 aromatic carbocycles. The van der Waals surface area contributed by atoms with Crippen LogP contribution in [0, 0.1) is 0 Å². The van der Waals surface area contributed by atoms with Crippen molar-refractivity contribution < 1.29 is 22.7 Å². The maximum atomic E-state index is 14.0. The summed E-state index contributed by atoms with van der Waals surface area (Å²) >= 11 is 6.09. The van der Waals surface area contributed by atoms with Crippen LogP contribution in [0.2, 0.25) is 5.02 Å². The minimum absolute atomic E-state index is 0.0321. The molecule has 3 aliphatic rings. The van der Waals surface area contributed by atoms with Gasteiger partial charge < -0.3 is 24.8 Å². The van der Waals surface area contributed by atoms with Gasteiger partial charge in [0.15, 0.2) is 5.82 Å². The largest absolute Gasteiger partial charge is 0.416 e. The number of ether oxygens (including phenoxy) is 1. The number of hydrogen-bond donors (Lipinski definition) is 2. The number of benzene rings is 2. The van der Waals surface area contributed by atoms with Crippen LogP contribution in [0.4, 0.5) is 24.5 Å². The third-order valence-corrected chi connectivity index (χ3v) is 8.99. The Bertz CT molecular complexity index is 1810. The van der Waals surface area contributed by atoms with Crippen LogP contribution in [0.15, 0.2) is 47.3 Å². The van der Waals surface area contributed by atoms with Gasteiger partial charge in [-0.15, -0.1) is 5.10 Å². The summed E-state index contributed by atoms with van der Waals surface area (Å²) in [5.41, 5.74) is 0.760. The van der Waals surface area contributed by atoms with Gasteiger partial charge in [0.25, 0.3) is 5.56 Å². The van der Waals surface area contributed by atoms with Crippen molar-refractivity contribution in [2.45, 2.75) is 50.6 Å². The van der Waals surface area contributed by atoms with Crippen molar-refractivity contribution in [2.75, 3.05) is 36.4 Å². The Morgan fingerprint density at radius 3 is 2.50 bits per heavy atom. The van der Waals surface area contributed by atoms with Gasteiger partial charge in [0.1, 0.15) is 12.1 Å². The second-order valence-electron chi connectivity index (χ2n) is 11.4. The van der Waals surface area contributed by atoms with E-state index >= 15 is 0 Å². The number of amides is 1. The molecule has 14 heteroatoms. The molecule has 7 rings (SSSR count). The lowest BCUT2D eigenvalue weighted by molar-refractivity contribution is -0.137. The Kier molecular flexibility index (Phi) is 7.13. The number of rotatable bonds is 5. The molecule has 44 heavy (non-hydrogen) atoms. The first kappa shape index (κ1) is 28.8. The number of fused-ring (bicyclic) bond motifs is 3. The number of piperidine rings is 1. The number of hydrogen-bond acceptors (Lipinski definition) is 7. The van der Waals surface area contributed by atoms with Crippen LogP contribution >= 0.6 is 11.6 Å². The van der Waals surface area contributed by atoms with Crippen molar-refractivity contribution in [1.82, 2.24) is 24.5 Å². The van der Waals surface area contributed by atoms with Gasteiger partial charge in [-0.05, 0) is 81.2 Å². The van der Waals surface area contributed by atoms with E-state index in [1.165, 1.54) is 4.52 Å². The lowest BCUT2D eigenvalue weighted by atomic mass is 9.86. The Morgan fingerprint density at radius 1 is 1.09 bits per heavy atom. The van der Waals surface area contributed by atoms with E-state index < -0.39 is 23.2 Å². The number of nitrogens with zero attached hydrogens (tertiary/aromatic N) is 5. The Balaban J connectivity index is 1.27. The van der Waals surface area contributed by atoms with Crippen LogP contribution in [0.25, 0.3) is 17.2 Å². The molecular weight excluding hydrogens is 599 g/mol. The van der Waals surface area contributed by atoms with E-state index in [1.807, 2.05) is 24.3 Å². The van der Waals surface area contributed by atoms with Crippen LogP contribution in [0.5, 0.6) is 0 Å². The van der Waals surface area contributed by atoms with Gasteiger partial charge in [0, 0.05) is 24.3 Å². The SMILES string of the molecule is O=C(Cn1c2c(c(=O)n3nc(-c4ccc(N5CCCC5)cc4)nc13)C1(CCNCC1)OC2)Nc1ccc(C(F)(F)F)cc1Cl. The quantitative estimate of drug-likeness (QED) is 0.334. The molecule has 4 aromatic rings. The molecule has 2 N–H and O–H groups in total. The average molecular weight is 628 g/mol. The highest BCUT2D eigenvalue weighted by molar-refractivity contribution is 6.33. The number of anilines is 2. The number of nitrogens with one attached hydrogen (secondary N) is 2. The van der Waals surface area contributed by atoms with Gasteiger partial charge in [0.05, 0.1) is 34.1 Å². The third kappa shape index (κ3) is 5.02. The van der Waals surface area contributed by atoms with E-state index in [0.717, 1.165) is 55.4 Å². The fourth-order valence-electron chi connectivity index (χ4n) is 6.42. The van der Waals surface area contributed by atoms with Crippen LogP contribution in [-0.2, 0) is 34.5 Å². The predicted molar refractivity (Wildman–Crippen MR) is 158 cm³/mol. The molecule has 10 nitrogen and oxygen atoms in total. The predicted octanol–water partition coefficient (Wildman–Crippen LogP) is 4.58. The summed E-state index contributed by atoms with van der Waals surface area (Å²) in [6.45, 7) is 3.15. The first-order valence-corrected chi connectivity index (χ1v) is 14.9. The number of aromatic nitrogens is 4. The number of alkyl halides is 3. The molecule has 0 aliphatic carbocycles. The minimum atomic E-state index is -4.57. The summed E-state index contributed by atoms with van der Waals surface area (Å²) in [5, 5.41) is 10.2. The highest BCUT2D eigenvalue weighted by Gasteiger charge is 2.46.